The molecule has 2 amide bonds. The van der Waals surface area contributed by atoms with Gasteiger partial charge in [0.25, 0.3) is 0 Å². The summed E-state index contributed by atoms with van der Waals surface area (Å²) in [7, 11) is 1.49. The molecule has 0 saturated carbocycles. The fourth-order valence-electron chi connectivity index (χ4n) is 2.22. The second-order valence-corrected chi connectivity index (χ2v) is 6.49. The van der Waals surface area contributed by atoms with Crippen LogP contribution in [-0.4, -0.2) is 30.3 Å². The third kappa shape index (κ3) is 5.68. The number of nitrogens with one attached hydrogen (secondary N) is 1. The number of nitrogens with zero attached hydrogens (tertiary/aromatic N) is 1. The maximum Gasteiger partial charge on any atom is 0.243 e. The van der Waals surface area contributed by atoms with Gasteiger partial charge in [0.15, 0.2) is 11.6 Å². The molecule has 2 rings (SSSR count). The van der Waals surface area contributed by atoms with Crippen molar-refractivity contribution in [2.24, 2.45) is 0 Å². The molecule has 1 N–H and O–H groups in total. The lowest BCUT2D eigenvalue weighted by Gasteiger charge is -2.17. The van der Waals surface area contributed by atoms with E-state index >= 15 is 0 Å². The van der Waals surface area contributed by atoms with Crippen LogP contribution in [0.3, 0.4) is 0 Å². The number of likely N-dealkylation sites (N-methyl/N-ethyl adjacent to an activating group) is 1. The predicted octanol–water partition coefficient (Wildman–Crippen LogP) is 4.30. The molecule has 2 aromatic carbocycles. The maximum absolute atomic E-state index is 13.2. The van der Waals surface area contributed by atoms with E-state index in [0.29, 0.717) is 21.3 Å². The molecule has 4 nitrogen and oxygen atoms in total. The topological polar surface area (TPSA) is 49.4 Å². The van der Waals surface area contributed by atoms with E-state index in [-0.39, 0.29) is 25.3 Å². The number of halogens is 4. The van der Waals surface area contributed by atoms with E-state index in [1.54, 1.807) is 12.1 Å². The molecular formula is C18H16Cl2F2N2O2. The predicted molar refractivity (Wildman–Crippen MR) is 97.4 cm³/mol. The second kappa shape index (κ2) is 8.96. The first-order valence-corrected chi connectivity index (χ1v) is 8.44. The molecule has 138 valence electrons. The Morgan fingerprint density at radius 3 is 2.42 bits per heavy atom. The molecular weight excluding hydrogens is 385 g/mol. The van der Waals surface area contributed by atoms with Crippen molar-refractivity contribution in [3.05, 3.63) is 63.6 Å². The molecule has 0 radical (unpaired) electrons. The van der Waals surface area contributed by atoms with Crippen molar-refractivity contribution in [2.45, 2.75) is 12.8 Å². The molecule has 0 spiro atoms. The van der Waals surface area contributed by atoms with Crippen LogP contribution in [0.2, 0.25) is 10.0 Å². The lowest BCUT2D eigenvalue weighted by molar-refractivity contribution is -0.133. The van der Waals surface area contributed by atoms with E-state index in [1.165, 1.54) is 24.1 Å². The van der Waals surface area contributed by atoms with Crippen molar-refractivity contribution in [1.29, 1.82) is 0 Å². The third-order valence-corrected chi connectivity index (χ3v) is 4.36. The van der Waals surface area contributed by atoms with Gasteiger partial charge in [0.2, 0.25) is 11.8 Å². The zero-order valence-electron chi connectivity index (χ0n) is 13.9. The van der Waals surface area contributed by atoms with Gasteiger partial charge in [-0.25, -0.2) is 8.78 Å². The lowest BCUT2D eigenvalue weighted by Crippen LogP contribution is -2.35. The Kier molecular flexibility index (Phi) is 6.94. The summed E-state index contributed by atoms with van der Waals surface area (Å²) in [6, 6.07) is 8.14. The van der Waals surface area contributed by atoms with Crippen molar-refractivity contribution in [2.75, 3.05) is 18.9 Å². The van der Waals surface area contributed by atoms with Gasteiger partial charge in [-0.1, -0.05) is 29.3 Å². The SMILES string of the molecule is CN(CC(=O)Nc1ccc(Cl)c(Cl)c1)C(=O)CCc1ccc(F)c(F)c1. The van der Waals surface area contributed by atoms with Gasteiger partial charge in [0.1, 0.15) is 0 Å². The van der Waals surface area contributed by atoms with Crippen LogP contribution >= 0.6 is 23.2 Å². The maximum atomic E-state index is 13.2. The Bertz CT molecular complexity index is 831. The highest BCUT2D eigenvalue weighted by Crippen LogP contribution is 2.24. The van der Waals surface area contributed by atoms with Crippen LogP contribution < -0.4 is 5.32 Å². The summed E-state index contributed by atoms with van der Waals surface area (Å²) in [4.78, 5) is 25.4. The summed E-state index contributed by atoms with van der Waals surface area (Å²) in [5, 5.41) is 3.29. The highest BCUT2D eigenvalue weighted by Gasteiger charge is 2.14. The van der Waals surface area contributed by atoms with Crippen molar-refractivity contribution in [1.82, 2.24) is 4.90 Å². The molecule has 0 aliphatic rings. The van der Waals surface area contributed by atoms with E-state index in [2.05, 4.69) is 5.32 Å². The minimum absolute atomic E-state index is 0.0711. The number of hydrogen-bond acceptors (Lipinski definition) is 2. The van der Waals surface area contributed by atoms with Gasteiger partial charge in [0, 0.05) is 19.2 Å². The molecule has 2 aromatic rings. The smallest absolute Gasteiger partial charge is 0.243 e. The summed E-state index contributed by atoms with van der Waals surface area (Å²) in [5.41, 5.74) is 0.970. The number of amides is 2. The average molecular weight is 401 g/mol. The van der Waals surface area contributed by atoms with Gasteiger partial charge in [-0.3, -0.25) is 9.59 Å². The van der Waals surface area contributed by atoms with E-state index in [0.717, 1.165) is 12.1 Å². The molecule has 0 unspecified atom stereocenters. The molecule has 0 atom stereocenters. The van der Waals surface area contributed by atoms with Gasteiger partial charge in [0.05, 0.1) is 16.6 Å². The van der Waals surface area contributed by atoms with Gasteiger partial charge in [-0.05, 0) is 42.3 Å². The number of rotatable bonds is 6. The fraction of sp³-hybridized carbons (Fsp3) is 0.222. The van der Waals surface area contributed by atoms with Crippen molar-refractivity contribution >= 4 is 40.7 Å². The van der Waals surface area contributed by atoms with E-state index in [9.17, 15) is 18.4 Å². The molecule has 0 heterocycles. The quantitative estimate of drug-likeness (QED) is 0.785. The highest BCUT2D eigenvalue weighted by molar-refractivity contribution is 6.42. The van der Waals surface area contributed by atoms with Crippen molar-refractivity contribution < 1.29 is 18.4 Å². The molecule has 0 bridgehead atoms. The number of benzene rings is 2. The molecule has 0 fully saturated rings. The van der Waals surface area contributed by atoms with Crippen LogP contribution in [0.5, 0.6) is 0 Å². The summed E-state index contributed by atoms with van der Waals surface area (Å²) in [6.07, 6.45) is 0.316. The molecule has 0 aliphatic heterocycles. The first kappa shape index (κ1) is 20.1. The van der Waals surface area contributed by atoms with Crippen LogP contribution in [0, 0.1) is 11.6 Å². The standard InChI is InChI=1S/C18H16Cl2F2N2O2/c1-24(10-17(25)23-12-4-5-13(19)14(20)9-12)18(26)7-3-11-2-6-15(21)16(22)8-11/h2,4-6,8-9H,3,7,10H2,1H3,(H,23,25). The molecule has 0 saturated heterocycles. The Hall–Kier alpha value is -2.18. The second-order valence-electron chi connectivity index (χ2n) is 5.68. The van der Waals surface area contributed by atoms with Gasteiger partial charge >= 0.3 is 0 Å². The Balaban J connectivity index is 1.84. The first-order chi connectivity index (χ1) is 12.3. The molecule has 0 aromatic heterocycles. The van der Waals surface area contributed by atoms with E-state index in [1.807, 2.05) is 0 Å². The number of hydrogen-bond donors (Lipinski definition) is 1. The third-order valence-electron chi connectivity index (χ3n) is 3.62. The van der Waals surface area contributed by atoms with Gasteiger partial charge < -0.3 is 10.2 Å². The average Bonchev–Trinajstić information content (AvgIpc) is 2.58. The van der Waals surface area contributed by atoms with Gasteiger partial charge in [-0.2, -0.15) is 0 Å². The zero-order valence-corrected chi connectivity index (χ0v) is 15.4. The molecule has 8 heteroatoms. The van der Waals surface area contributed by atoms with Crippen molar-refractivity contribution in [3.63, 3.8) is 0 Å². The Morgan fingerprint density at radius 2 is 1.77 bits per heavy atom. The van der Waals surface area contributed by atoms with Crippen LogP contribution in [-0.2, 0) is 16.0 Å². The normalized spacial score (nSPS) is 10.5. The van der Waals surface area contributed by atoms with Crippen LogP contribution in [0.4, 0.5) is 14.5 Å². The molecule has 26 heavy (non-hydrogen) atoms. The highest BCUT2D eigenvalue weighted by atomic mass is 35.5. The number of carbonyl (C=O) groups is 2. The van der Waals surface area contributed by atoms with Crippen molar-refractivity contribution in [3.8, 4) is 0 Å². The molecule has 0 aliphatic carbocycles. The van der Waals surface area contributed by atoms with Crippen LogP contribution in [0.25, 0.3) is 0 Å². The summed E-state index contributed by atoms with van der Waals surface area (Å²) in [5.74, 6) is -2.58. The lowest BCUT2D eigenvalue weighted by atomic mass is 10.1. The minimum atomic E-state index is -0.954. The summed E-state index contributed by atoms with van der Waals surface area (Å²) < 4.78 is 26.0. The van der Waals surface area contributed by atoms with Crippen LogP contribution in [0.15, 0.2) is 36.4 Å². The minimum Gasteiger partial charge on any atom is -0.336 e. The number of aryl methyl sites for hydroxylation is 1. The van der Waals surface area contributed by atoms with E-state index in [4.69, 9.17) is 23.2 Å². The van der Waals surface area contributed by atoms with Gasteiger partial charge in [-0.15, -0.1) is 0 Å². The fourth-order valence-corrected chi connectivity index (χ4v) is 2.51. The largest absolute Gasteiger partial charge is 0.336 e. The Labute approximate surface area is 159 Å². The number of carbonyl (C=O) groups excluding carboxylic acids is 2. The Morgan fingerprint density at radius 1 is 1.04 bits per heavy atom. The zero-order chi connectivity index (χ0) is 19.3. The van der Waals surface area contributed by atoms with E-state index < -0.39 is 17.5 Å². The monoisotopic (exact) mass is 400 g/mol. The van der Waals surface area contributed by atoms with Crippen LogP contribution in [0.1, 0.15) is 12.0 Å². The number of anilines is 1. The summed E-state index contributed by atoms with van der Waals surface area (Å²) >= 11 is 11.7. The summed E-state index contributed by atoms with van der Waals surface area (Å²) in [6.45, 7) is -0.156. The first-order valence-electron chi connectivity index (χ1n) is 7.69.